The van der Waals surface area contributed by atoms with Crippen LogP contribution < -0.4 is 4.74 Å². The highest BCUT2D eigenvalue weighted by atomic mass is 16.6. The van der Waals surface area contributed by atoms with Crippen LogP contribution in [0.5, 0.6) is 5.75 Å². The van der Waals surface area contributed by atoms with Gasteiger partial charge < -0.3 is 9.47 Å². The van der Waals surface area contributed by atoms with Gasteiger partial charge in [-0.25, -0.2) is 0 Å². The van der Waals surface area contributed by atoms with Gasteiger partial charge in [0.15, 0.2) is 6.10 Å². The predicted molar refractivity (Wildman–Crippen MR) is 60.2 cm³/mol. The number of nitrogens with zero attached hydrogens (tertiary/aromatic N) is 1. The molecule has 0 N–H and O–H groups in total. The highest BCUT2D eigenvalue weighted by Crippen LogP contribution is 2.39. The zero-order chi connectivity index (χ0) is 11.6. The van der Waals surface area contributed by atoms with Gasteiger partial charge in [0.05, 0.1) is 13.2 Å². The molecule has 1 aromatic rings. The fourth-order valence-corrected chi connectivity index (χ4v) is 1.77. The van der Waals surface area contributed by atoms with E-state index in [1.807, 2.05) is 31.2 Å². The number of hydrogen-bond acceptors (Lipinski definition) is 3. The number of nitriles is 1. The van der Waals surface area contributed by atoms with Crippen molar-refractivity contribution in [3.63, 3.8) is 0 Å². The average Bonchev–Trinajstić information content (AvgIpc) is 2.99. The molecule has 1 aromatic carbocycles. The number of aryl methyl sites for hydroxylation is 1. The zero-order valence-corrected chi connectivity index (χ0v) is 9.56. The van der Waals surface area contributed by atoms with Crippen LogP contribution in [0.2, 0.25) is 0 Å². The number of epoxide rings is 1. The Labute approximate surface area is 95.6 Å². The van der Waals surface area contributed by atoms with Gasteiger partial charge in [-0.2, -0.15) is 5.26 Å². The summed E-state index contributed by atoms with van der Waals surface area (Å²) in [6.07, 6.45) is 1.60. The standard InChI is InChI=1S/C13H15NO2/c1-13(12(9-14)16-13)8-7-10-3-5-11(15-2)6-4-10/h3-6,12H,7-8H2,1-2H3. The second-order valence-electron chi connectivity index (χ2n) is 4.29. The second-order valence-corrected chi connectivity index (χ2v) is 4.29. The van der Waals surface area contributed by atoms with Crippen molar-refractivity contribution < 1.29 is 9.47 Å². The smallest absolute Gasteiger partial charge is 0.173 e. The fraction of sp³-hybridized carbons (Fsp3) is 0.462. The van der Waals surface area contributed by atoms with Gasteiger partial charge in [0, 0.05) is 0 Å². The molecule has 0 amide bonds. The molecule has 1 fully saturated rings. The van der Waals surface area contributed by atoms with Crippen molar-refractivity contribution in [1.29, 1.82) is 5.26 Å². The van der Waals surface area contributed by atoms with Crippen molar-refractivity contribution in [2.24, 2.45) is 0 Å². The fourth-order valence-electron chi connectivity index (χ4n) is 1.77. The summed E-state index contributed by atoms with van der Waals surface area (Å²) in [4.78, 5) is 0. The molecule has 0 saturated carbocycles. The van der Waals surface area contributed by atoms with Gasteiger partial charge in [-0.1, -0.05) is 12.1 Å². The van der Waals surface area contributed by atoms with Crippen molar-refractivity contribution >= 4 is 0 Å². The minimum absolute atomic E-state index is 0.217. The molecule has 1 aliphatic rings. The van der Waals surface area contributed by atoms with E-state index >= 15 is 0 Å². The van der Waals surface area contributed by atoms with Gasteiger partial charge in [0.2, 0.25) is 0 Å². The van der Waals surface area contributed by atoms with E-state index in [2.05, 4.69) is 6.07 Å². The van der Waals surface area contributed by atoms with Crippen molar-refractivity contribution in [3.8, 4) is 11.8 Å². The summed E-state index contributed by atoms with van der Waals surface area (Å²) >= 11 is 0. The van der Waals surface area contributed by atoms with Crippen LogP contribution in [0.15, 0.2) is 24.3 Å². The van der Waals surface area contributed by atoms with Crippen LogP contribution in [0, 0.1) is 11.3 Å². The summed E-state index contributed by atoms with van der Waals surface area (Å²) < 4.78 is 10.4. The first-order valence-corrected chi connectivity index (χ1v) is 5.38. The monoisotopic (exact) mass is 217 g/mol. The topological polar surface area (TPSA) is 45.5 Å². The quantitative estimate of drug-likeness (QED) is 0.727. The first-order chi connectivity index (χ1) is 7.68. The lowest BCUT2D eigenvalue weighted by Gasteiger charge is -2.06. The molecule has 0 radical (unpaired) electrons. The van der Waals surface area contributed by atoms with Crippen molar-refractivity contribution in [3.05, 3.63) is 29.8 Å². The molecule has 0 aliphatic carbocycles. The number of rotatable bonds is 4. The maximum Gasteiger partial charge on any atom is 0.173 e. The van der Waals surface area contributed by atoms with Crippen LogP contribution >= 0.6 is 0 Å². The van der Waals surface area contributed by atoms with Gasteiger partial charge >= 0.3 is 0 Å². The summed E-state index contributed by atoms with van der Waals surface area (Å²) in [7, 11) is 1.66. The third kappa shape index (κ3) is 2.17. The van der Waals surface area contributed by atoms with E-state index in [4.69, 9.17) is 14.7 Å². The molecule has 2 unspecified atom stereocenters. The molecule has 84 valence electrons. The number of hydrogen-bond donors (Lipinski definition) is 0. The van der Waals surface area contributed by atoms with Crippen LogP contribution in [-0.2, 0) is 11.2 Å². The molecule has 3 nitrogen and oxygen atoms in total. The van der Waals surface area contributed by atoms with Crippen molar-refractivity contribution in [2.45, 2.75) is 31.5 Å². The Bertz CT molecular complexity index is 407. The van der Waals surface area contributed by atoms with E-state index in [-0.39, 0.29) is 11.7 Å². The first-order valence-electron chi connectivity index (χ1n) is 5.38. The normalized spacial score (nSPS) is 27.2. The van der Waals surface area contributed by atoms with Crippen LogP contribution in [0.3, 0.4) is 0 Å². The van der Waals surface area contributed by atoms with Crippen molar-refractivity contribution in [1.82, 2.24) is 0 Å². The summed E-state index contributed by atoms with van der Waals surface area (Å²) in [6.45, 7) is 1.99. The van der Waals surface area contributed by atoms with Crippen LogP contribution in [-0.4, -0.2) is 18.8 Å². The minimum atomic E-state index is -0.228. The largest absolute Gasteiger partial charge is 0.497 e. The molecule has 0 bridgehead atoms. The van der Waals surface area contributed by atoms with Gasteiger partial charge in [-0.3, -0.25) is 0 Å². The molecular formula is C13H15NO2. The van der Waals surface area contributed by atoms with Gasteiger partial charge in [0.25, 0.3) is 0 Å². The van der Waals surface area contributed by atoms with E-state index in [9.17, 15) is 0 Å². The molecular weight excluding hydrogens is 202 g/mol. The van der Waals surface area contributed by atoms with E-state index in [0.717, 1.165) is 18.6 Å². The SMILES string of the molecule is COc1ccc(CCC2(C)OC2C#N)cc1. The summed E-state index contributed by atoms with van der Waals surface area (Å²) in [5, 5.41) is 8.72. The summed E-state index contributed by atoms with van der Waals surface area (Å²) in [6, 6.07) is 10.1. The van der Waals surface area contributed by atoms with Gasteiger partial charge in [-0.05, 0) is 37.5 Å². The maximum absolute atomic E-state index is 8.72. The van der Waals surface area contributed by atoms with Crippen LogP contribution in [0.25, 0.3) is 0 Å². The lowest BCUT2D eigenvalue weighted by molar-refractivity contribution is 0.303. The summed E-state index contributed by atoms with van der Waals surface area (Å²) in [5.74, 6) is 0.868. The van der Waals surface area contributed by atoms with E-state index in [1.165, 1.54) is 5.56 Å². The minimum Gasteiger partial charge on any atom is -0.497 e. The molecule has 16 heavy (non-hydrogen) atoms. The lowest BCUT2D eigenvalue weighted by atomic mass is 9.98. The third-order valence-electron chi connectivity index (χ3n) is 3.07. The molecule has 2 rings (SSSR count). The first kappa shape index (κ1) is 11.0. The Morgan fingerprint density at radius 3 is 2.62 bits per heavy atom. The Hall–Kier alpha value is -1.53. The Kier molecular flexibility index (Phi) is 2.84. The highest BCUT2D eigenvalue weighted by Gasteiger charge is 2.52. The maximum atomic E-state index is 8.72. The number of benzene rings is 1. The Balaban J connectivity index is 1.89. The summed E-state index contributed by atoms with van der Waals surface area (Å²) in [5.41, 5.74) is 1.02. The van der Waals surface area contributed by atoms with Crippen LogP contribution in [0.4, 0.5) is 0 Å². The molecule has 1 heterocycles. The lowest BCUT2D eigenvalue weighted by Crippen LogP contribution is -2.10. The molecule has 0 aromatic heterocycles. The van der Waals surface area contributed by atoms with E-state index < -0.39 is 0 Å². The van der Waals surface area contributed by atoms with Gasteiger partial charge in [0.1, 0.15) is 11.4 Å². The number of ether oxygens (including phenoxy) is 2. The Morgan fingerprint density at radius 2 is 2.12 bits per heavy atom. The van der Waals surface area contributed by atoms with E-state index in [1.54, 1.807) is 7.11 Å². The predicted octanol–water partition coefficient (Wildman–Crippen LogP) is 2.31. The molecule has 2 atom stereocenters. The van der Waals surface area contributed by atoms with Crippen LogP contribution in [0.1, 0.15) is 18.9 Å². The second kappa shape index (κ2) is 4.15. The number of methoxy groups -OCH3 is 1. The third-order valence-corrected chi connectivity index (χ3v) is 3.07. The van der Waals surface area contributed by atoms with E-state index in [0.29, 0.717) is 0 Å². The Morgan fingerprint density at radius 1 is 1.44 bits per heavy atom. The van der Waals surface area contributed by atoms with Crippen molar-refractivity contribution in [2.75, 3.05) is 7.11 Å². The molecule has 3 heteroatoms. The molecule has 1 aliphatic heterocycles. The average molecular weight is 217 g/mol. The molecule has 0 spiro atoms. The molecule has 1 saturated heterocycles. The zero-order valence-electron chi connectivity index (χ0n) is 9.56. The van der Waals surface area contributed by atoms with Gasteiger partial charge in [-0.15, -0.1) is 0 Å². The highest BCUT2D eigenvalue weighted by molar-refractivity contribution is 5.27.